The SMILES string of the molecule is C=CC(=O)NCc1cnc(-c2ccc(F)cc2)cc1-c1cccc(=O)n1C. The highest BCUT2D eigenvalue weighted by atomic mass is 19.1. The van der Waals surface area contributed by atoms with Crippen LogP contribution in [-0.4, -0.2) is 15.5 Å². The fraction of sp³-hybridized carbons (Fsp3) is 0.0952. The summed E-state index contributed by atoms with van der Waals surface area (Å²) in [5, 5.41) is 2.73. The van der Waals surface area contributed by atoms with E-state index in [1.807, 2.05) is 12.1 Å². The van der Waals surface area contributed by atoms with Crippen LogP contribution in [0.25, 0.3) is 22.5 Å². The van der Waals surface area contributed by atoms with Crippen molar-refractivity contribution in [2.45, 2.75) is 6.54 Å². The molecule has 0 radical (unpaired) electrons. The van der Waals surface area contributed by atoms with Crippen LogP contribution in [0.2, 0.25) is 0 Å². The summed E-state index contributed by atoms with van der Waals surface area (Å²) >= 11 is 0. The van der Waals surface area contributed by atoms with E-state index in [2.05, 4.69) is 16.9 Å². The van der Waals surface area contributed by atoms with Crippen LogP contribution in [0.4, 0.5) is 4.39 Å². The standard InChI is InChI=1S/C21H18FN3O2/c1-3-20(26)24-13-15-12-23-18(14-7-9-16(22)10-8-14)11-17(15)19-5-4-6-21(27)25(19)2/h3-12H,1,13H2,2H3,(H,24,26). The lowest BCUT2D eigenvalue weighted by atomic mass is 10.0. The molecule has 0 atom stereocenters. The van der Waals surface area contributed by atoms with Crippen LogP contribution in [0, 0.1) is 5.82 Å². The first-order valence-corrected chi connectivity index (χ1v) is 8.31. The molecule has 0 saturated carbocycles. The Bertz CT molecular complexity index is 1060. The third-order valence-corrected chi connectivity index (χ3v) is 4.23. The van der Waals surface area contributed by atoms with E-state index in [4.69, 9.17) is 0 Å². The third-order valence-electron chi connectivity index (χ3n) is 4.23. The zero-order valence-corrected chi connectivity index (χ0v) is 14.8. The molecule has 0 aliphatic carbocycles. The van der Waals surface area contributed by atoms with Gasteiger partial charge >= 0.3 is 0 Å². The Morgan fingerprint density at radius 1 is 1.26 bits per heavy atom. The fourth-order valence-electron chi connectivity index (χ4n) is 2.73. The van der Waals surface area contributed by atoms with Crippen molar-refractivity contribution in [3.63, 3.8) is 0 Å². The van der Waals surface area contributed by atoms with E-state index in [0.717, 1.165) is 16.7 Å². The number of halogens is 1. The molecule has 5 nitrogen and oxygen atoms in total. The molecule has 3 rings (SSSR count). The predicted octanol–water partition coefficient (Wildman–Crippen LogP) is 3.06. The smallest absolute Gasteiger partial charge is 0.250 e. The van der Waals surface area contributed by atoms with Crippen molar-refractivity contribution < 1.29 is 9.18 Å². The van der Waals surface area contributed by atoms with Crippen molar-refractivity contribution in [3.05, 3.63) is 89.1 Å². The van der Waals surface area contributed by atoms with Gasteiger partial charge in [0.05, 0.1) is 11.4 Å². The molecular formula is C21H18FN3O2. The van der Waals surface area contributed by atoms with Crippen LogP contribution in [0.15, 0.2) is 72.2 Å². The summed E-state index contributed by atoms with van der Waals surface area (Å²) < 4.78 is 14.7. The largest absolute Gasteiger partial charge is 0.348 e. The second-order valence-electron chi connectivity index (χ2n) is 5.96. The minimum absolute atomic E-state index is 0.145. The monoisotopic (exact) mass is 363 g/mol. The van der Waals surface area contributed by atoms with Crippen molar-refractivity contribution in [1.82, 2.24) is 14.9 Å². The van der Waals surface area contributed by atoms with Gasteiger partial charge in [-0.2, -0.15) is 0 Å². The van der Waals surface area contributed by atoms with Crippen molar-refractivity contribution in [3.8, 4) is 22.5 Å². The molecule has 1 amide bonds. The molecule has 0 fully saturated rings. The lowest BCUT2D eigenvalue weighted by Gasteiger charge is -2.15. The summed E-state index contributed by atoms with van der Waals surface area (Å²) in [6.07, 6.45) is 2.84. The van der Waals surface area contributed by atoms with Crippen molar-refractivity contribution in [1.29, 1.82) is 0 Å². The molecular weight excluding hydrogens is 345 g/mol. The van der Waals surface area contributed by atoms with Gasteiger partial charge in [-0.05, 0) is 48.0 Å². The molecule has 0 saturated heterocycles. The van der Waals surface area contributed by atoms with Gasteiger partial charge in [-0.3, -0.25) is 14.6 Å². The summed E-state index contributed by atoms with van der Waals surface area (Å²) in [4.78, 5) is 28.0. The maximum absolute atomic E-state index is 13.2. The number of carbonyl (C=O) groups excluding carboxylic acids is 1. The van der Waals surface area contributed by atoms with Crippen LogP contribution in [0.5, 0.6) is 0 Å². The predicted molar refractivity (Wildman–Crippen MR) is 102 cm³/mol. The number of nitrogens with zero attached hydrogens (tertiary/aromatic N) is 2. The average Bonchev–Trinajstić information content (AvgIpc) is 2.69. The summed E-state index contributed by atoms with van der Waals surface area (Å²) in [7, 11) is 1.68. The highest BCUT2D eigenvalue weighted by Crippen LogP contribution is 2.27. The first-order valence-electron chi connectivity index (χ1n) is 8.31. The van der Waals surface area contributed by atoms with Gasteiger partial charge in [0.1, 0.15) is 5.82 Å². The lowest BCUT2D eigenvalue weighted by molar-refractivity contribution is -0.116. The molecule has 0 spiro atoms. The first-order chi connectivity index (χ1) is 13.0. The molecule has 2 heterocycles. The van der Waals surface area contributed by atoms with Gasteiger partial charge in [-0.25, -0.2) is 4.39 Å². The lowest BCUT2D eigenvalue weighted by Crippen LogP contribution is -2.21. The Morgan fingerprint density at radius 3 is 2.70 bits per heavy atom. The van der Waals surface area contributed by atoms with E-state index in [1.54, 1.807) is 31.4 Å². The Kier molecular flexibility index (Phi) is 5.26. The first kappa shape index (κ1) is 18.3. The fourth-order valence-corrected chi connectivity index (χ4v) is 2.73. The number of aromatic nitrogens is 2. The van der Waals surface area contributed by atoms with Gasteiger partial charge in [0.2, 0.25) is 5.91 Å². The number of rotatable bonds is 5. The van der Waals surface area contributed by atoms with Gasteiger partial charge in [0.15, 0.2) is 0 Å². The zero-order valence-electron chi connectivity index (χ0n) is 14.8. The zero-order chi connectivity index (χ0) is 19.4. The Hall–Kier alpha value is -3.54. The van der Waals surface area contributed by atoms with Crippen LogP contribution in [-0.2, 0) is 18.4 Å². The Balaban J connectivity index is 2.12. The molecule has 1 aromatic carbocycles. The van der Waals surface area contributed by atoms with Crippen LogP contribution >= 0.6 is 0 Å². The second-order valence-corrected chi connectivity index (χ2v) is 5.96. The molecule has 0 bridgehead atoms. The number of nitrogens with one attached hydrogen (secondary N) is 1. The quantitative estimate of drug-likeness (QED) is 0.709. The number of hydrogen-bond acceptors (Lipinski definition) is 3. The summed E-state index contributed by atoms with van der Waals surface area (Å²) in [6.45, 7) is 3.67. The number of pyridine rings is 2. The van der Waals surface area contributed by atoms with E-state index in [1.165, 1.54) is 28.8 Å². The maximum atomic E-state index is 13.2. The highest BCUT2D eigenvalue weighted by Gasteiger charge is 2.12. The van der Waals surface area contributed by atoms with Gasteiger partial charge in [-0.15, -0.1) is 0 Å². The topological polar surface area (TPSA) is 64.0 Å². The molecule has 0 aliphatic rings. The maximum Gasteiger partial charge on any atom is 0.250 e. The Morgan fingerprint density at radius 2 is 2.00 bits per heavy atom. The van der Waals surface area contributed by atoms with Crippen molar-refractivity contribution in [2.24, 2.45) is 7.05 Å². The number of carbonyl (C=O) groups is 1. The minimum atomic E-state index is -0.326. The van der Waals surface area contributed by atoms with Crippen LogP contribution in [0.1, 0.15) is 5.56 Å². The van der Waals surface area contributed by atoms with E-state index >= 15 is 0 Å². The van der Waals surface area contributed by atoms with Crippen LogP contribution in [0.3, 0.4) is 0 Å². The number of amides is 1. The summed E-state index contributed by atoms with van der Waals surface area (Å²) in [6, 6.07) is 12.8. The Labute approximate surface area is 155 Å². The molecule has 136 valence electrons. The van der Waals surface area contributed by atoms with Crippen LogP contribution < -0.4 is 10.9 Å². The number of benzene rings is 1. The molecule has 0 aliphatic heterocycles. The van der Waals surface area contributed by atoms with Crippen molar-refractivity contribution >= 4 is 5.91 Å². The number of hydrogen-bond donors (Lipinski definition) is 1. The molecule has 3 aromatic rings. The average molecular weight is 363 g/mol. The van der Waals surface area contributed by atoms with Gasteiger partial charge in [0, 0.05) is 37.0 Å². The molecule has 2 aromatic heterocycles. The van der Waals surface area contributed by atoms with E-state index in [-0.39, 0.29) is 23.8 Å². The minimum Gasteiger partial charge on any atom is -0.348 e. The summed E-state index contributed by atoms with van der Waals surface area (Å²) in [5.41, 5.74) is 3.44. The normalized spacial score (nSPS) is 10.4. The molecule has 27 heavy (non-hydrogen) atoms. The summed E-state index contributed by atoms with van der Waals surface area (Å²) in [5.74, 6) is -0.626. The van der Waals surface area contributed by atoms with E-state index in [0.29, 0.717) is 11.4 Å². The van der Waals surface area contributed by atoms with Gasteiger partial charge < -0.3 is 9.88 Å². The molecule has 0 unspecified atom stereocenters. The van der Waals surface area contributed by atoms with E-state index in [9.17, 15) is 14.0 Å². The second kappa shape index (κ2) is 7.78. The van der Waals surface area contributed by atoms with Gasteiger partial charge in [-0.1, -0.05) is 12.6 Å². The van der Waals surface area contributed by atoms with Crippen molar-refractivity contribution in [2.75, 3.05) is 0 Å². The molecule has 6 heteroatoms. The highest BCUT2D eigenvalue weighted by molar-refractivity contribution is 5.87. The third kappa shape index (κ3) is 4.00. The van der Waals surface area contributed by atoms with E-state index < -0.39 is 0 Å². The van der Waals surface area contributed by atoms with Gasteiger partial charge in [0.25, 0.3) is 5.56 Å². The molecule has 1 N–H and O–H groups in total.